The highest BCUT2D eigenvalue weighted by Crippen LogP contribution is 2.26. The van der Waals surface area contributed by atoms with E-state index in [4.69, 9.17) is 0 Å². The van der Waals surface area contributed by atoms with Crippen LogP contribution in [0.2, 0.25) is 0 Å². The molecule has 0 radical (unpaired) electrons. The van der Waals surface area contributed by atoms with Crippen LogP contribution in [-0.4, -0.2) is 36.3 Å². The molecule has 1 fully saturated rings. The van der Waals surface area contributed by atoms with Crippen LogP contribution in [0.4, 0.5) is 0 Å². The fourth-order valence-electron chi connectivity index (χ4n) is 1.56. The Morgan fingerprint density at radius 3 is 3.08 bits per heavy atom. The van der Waals surface area contributed by atoms with Crippen molar-refractivity contribution in [3.8, 4) is 0 Å². The molecule has 0 spiro atoms. The molecule has 12 heavy (non-hydrogen) atoms. The highest BCUT2D eigenvalue weighted by atomic mass is 16.2. The summed E-state index contributed by atoms with van der Waals surface area (Å²) >= 11 is 0. The third-order valence-electron chi connectivity index (χ3n) is 2.21. The number of fused-ring (bicyclic) bond motifs is 1. The van der Waals surface area contributed by atoms with Crippen molar-refractivity contribution in [3.05, 3.63) is 11.9 Å². The predicted octanol–water partition coefficient (Wildman–Crippen LogP) is -1.61. The van der Waals surface area contributed by atoms with Gasteiger partial charge in [-0.3, -0.25) is 14.5 Å². The van der Waals surface area contributed by atoms with Crippen LogP contribution in [0.15, 0.2) is 11.9 Å². The lowest BCUT2D eigenvalue weighted by molar-refractivity contribution is -0.147. The van der Waals surface area contributed by atoms with E-state index in [2.05, 4.69) is 10.6 Å². The molecule has 2 rings (SSSR count). The Labute approximate surface area is 69.4 Å². The molecule has 2 heterocycles. The van der Waals surface area contributed by atoms with E-state index < -0.39 is 0 Å². The first-order chi connectivity index (χ1) is 5.79. The zero-order valence-electron chi connectivity index (χ0n) is 6.57. The van der Waals surface area contributed by atoms with E-state index in [0.29, 0.717) is 12.0 Å². The van der Waals surface area contributed by atoms with Crippen molar-refractivity contribution in [1.29, 1.82) is 0 Å². The summed E-state index contributed by atoms with van der Waals surface area (Å²) in [4.78, 5) is 23.1. The van der Waals surface area contributed by atoms with Gasteiger partial charge in [-0.2, -0.15) is 0 Å². The summed E-state index contributed by atoms with van der Waals surface area (Å²) in [7, 11) is 1.72. The average molecular weight is 167 g/mol. The first-order valence-corrected chi connectivity index (χ1v) is 3.71. The van der Waals surface area contributed by atoms with Gasteiger partial charge in [-0.25, -0.2) is 0 Å². The molecule has 2 atom stereocenters. The number of likely N-dealkylation sites (N-methyl/N-ethyl adjacent to an activating group) is 1. The molecule has 1 amide bonds. The van der Waals surface area contributed by atoms with Crippen molar-refractivity contribution in [2.24, 2.45) is 0 Å². The molecule has 2 aliphatic heterocycles. The smallest absolute Gasteiger partial charge is 0.250 e. The number of aldehydes is 1. The molecule has 1 saturated heterocycles. The Morgan fingerprint density at radius 2 is 2.50 bits per heavy atom. The SMILES string of the molecule is CNC1C(=O)N2C(C=O)=CNC12. The molecule has 64 valence electrons. The predicted molar refractivity (Wildman–Crippen MR) is 40.8 cm³/mol. The third-order valence-corrected chi connectivity index (χ3v) is 2.21. The lowest BCUT2D eigenvalue weighted by atomic mass is 10.0. The Hall–Kier alpha value is -1.36. The minimum atomic E-state index is -0.196. The summed E-state index contributed by atoms with van der Waals surface area (Å²) in [6.07, 6.45) is 2.17. The summed E-state index contributed by atoms with van der Waals surface area (Å²) < 4.78 is 0. The number of hydrogen-bond donors (Lipinski definition) is 2. The highest BCUT2D eigenvalue weighted by Gasteiger charge is 2.50. The summed E-state index contributed by atoms with van der Waals surface area (Å²) in [6.45, 7) is 0. The summed E-state index contributed by atoms with van der Waals surface area (Å²) in [5.74, 6) is -0.0501. The number of nitrogens with zero attached hydrogens (tertiary/aromatic N) is 1. The van der Waals surface area contributed by atoms with Crippen molar-refractivity contribution in [1.82, 2.24) is 15.5 Å². The molecule has 5 nitrogen and oxygen atoms in total. The zero-order valence-corrected chi connectivity index (χ0v) is 6.57. The average Bonchev–Trinajstić information content (AvgIpc) is 2.44. The van der Waals surface area contributed by atoms with Crippen LogP contribution in [0.1, 0.15) is 0 Å². The van der Waals surface area contributed by atoms with E-state index in [1.165, 1.54) is 4.90 Å². The second-order valence-corrected chi connectivity index (χ2v) is 2.77. The molecule has 0 bridgehead atoms. The van der Waals surface area contributed by atoms with Gasteiger partial charge >= 0.3 is 0 Å². The van der Waals surface area contributed by atoms with Gasteiger partial charge in [0.05, 0.1) is 0 Å². The normalized spacial score (nSPS) is 31.9. The van der Waals surface area contributed by atoms with Gasteiger partial charge in [-0.05, 0) is 7.05 Å². The standard InChI is InChI=1S/C7H9N3O2/c1-8-5-6-9-2-4(3-11)10(6)7(5)12/h2-3,5-6,8-9H,1H3. The van der Waals surface area contributed by atoms with Crippen molar-refractivity contribution in [2.45, 2.75) is 12.2 Å². The maximum absolute atomic E-state index is 11.3. The van der Waals surface area contributed by atoms with Gasteiger partial charge in [0.2, 0.25) is 5.91 Å². The van der Waals surface area contributed by atoms with Gasteiger partial charge in [0, 0.05) is 6.20 Å². The number of amides is 1. The Balaban J connectivity index is 2.17. The number of hydrogen-bond acceptors (Lipinski definition) is 4. The molecule has 0 saturated carbocycles. The number of rotatable bonds is 2. The van der Waals surface area contributed by atoms with E-state index in [-0.39, 0.29) is 18.1 Å². The number of β-lactam (4-membered cyclic amide) rings is 1. The summed E-state index contributed by atoms with van der Waals surface area (Å²) in [5.41, 5.74) is 0.413. The monoisotopic (exact) mass is 167 g/mol. The maximum atomic E-state index is 11.3. The number of allylic oxidation sites excluding steroid dienone is 1. The van der Waals surface area contributed by atoms with Gasteiger partial charge in [-0.1, -0.05) is 0 Å². The van der Waals surface area contributed by atoms with Crippen molar-refractivity contribution in [3.63, 3.8) is 0 Å². The van der Waals surface area contributed by atoms with E-state index in [9.17, 15) is 9.59 Å². The molecule has 0 aromatic heterocycles. The van der Waals surface area contributed by atoms with E-state index in [1.807, 2.05) is 0 Å². The molecular weight excluding hydrogens is 158 g/mol. The van der Waals surface area contributed by atoms with Crippen LogP contribution in [0.3, 0.4) is 0 Å². The molecule has 2 unspecified atom stereocenters. The van der Waals surface area contributed by atoms with Crippen molar-refractivity contribution in [2.75, 3.05) is 7.05 Å². The molecule has 0 aromatic rings. The van der Waals surface area contributed by atoms with Gasteiger partial charge in [0.15, 0.2) is 6.29 Å². The van der Waals surface area contributed by atoms with E-state index in [1.54, 1.807) is 13.2 Å². The Bertz CT molecular complexity index is 274. The van der Waals surface area contributed by atoms with Crippen LogP contribution in [0.25, 0.3) is 0 Å². The molecular formula is C7H9N3O2. The summed E-state index contributed by atoms with van der Waals surface area (Å²) in [6, 6.07) is -0.196. The minimum absolute atomic E-state index is 0.0501. The van der Waals surface area contributed by atoms with Crippen LogP contribution in [0.5, 0.6) is 0 Å². The zero-order chi connectivity index (χ0) is 8.72. The van der Waals surface area contributed by atoms with E-state index in [0.717, 1.165) is 0 Å². The molecule has 5 heteroatoms. The second kappa shape index (κ2) is 2.31. The lowest BCUT2D eigenvalue weighted by Gasteiger charge is -2.42. The van der Waals surface area contributed by atoms with Crippen LogP contribution < -0.4 is 10.6 Å². The van der Waals surface area contributed by atoms with E-state index >= 15 is 0 Å². The quantitative estimate of drug-likeness (QED) is 0.383. The fourth-order valence-corrected chi connectivity index (χ4v) is 1.56. The molecule has 0 aromatic carbocycles. The number of carbonyl (C=O) groups is 2. The molecule has 2 N–H and O–H groups in total. The summed E-state index contributed by atoms with van der Waals surface area (Å²) in [5, 5.41) is 5.80. The molecule has 0 aliphatic carbocycles. The van der Waals surface area contributed by atoms with Gasteiger partial charge in [0.25, 0.3) is 0 Å². The molecule has 2 aliphatic rings. The van der Waals surface area contributed by atoms with Crippen LogP contribution in [0, 0.1) is 0 Å². The third kappa shape index (κ3) is 0.660. The topological polar surface area (TPSA) is 61.4 Å². The van der Waals surface area contributed by atoms with Gasteiger partial charge in [0.1, 0.15) is 17.9 Å². The van der Waals surface area contributed by atoms with Gasteiger partial charge in [-0.15, -0.1) is 0 Å². The highest BCUT2D eigenvalue weighted by molar-refractivity contribution is 5.96. The Kier molecular flexibility index (Phi) is 1.41. The largest absolute Gasteiger partial charge is 0.367 e. The first-order valence-electron chi connectivity index (χ1n) is 3.71. The first kappa shape index (κ1) is 7.30. The van der Waals surface area contributed by atoms with Crippen molar-refractivity contribution >= 4 is 12.2 Å². The van der Waals surface area contributed by atoms with Crippen LogP contribution >= 0.6 is 0 Å². The lowest BCUT2D eigenvalue weighted by Crippen LogP contribution is -2.70. The maximum Gasteiger partial charge on any atom is 0.250 e. The van der Waals surface area contributed by atoms with Crippen LogP contribution in [-0.2, 0) is 9.59 Å². The second-order valence-electron chi connectivity index (χ2n) is 2.77. The van der Waals surface area contributed by atoms with Gasteiger partial charge < -0.3 is 10.6 Å². The number of carbonyl (C=O) groups excluding carboxylic acids is 2. The number of nitrogens with one attached hydrogen (secondary N) is 2. The van der Waals surface area contributed by atoms with Crippen molar-refractivity contribution < 1.29 is 9.59 Å². The minimum Gasteiger partial charge on any atom is -0.367 e. The fraction of sp³-hybridized carbons (Fsp3) is 0.429. The Morgan fingerprint density at radius 1 is 1.75 bits per heavy atom.